The molecule has 1 atom stereocenters. The normalized spacial score (nSPS) is 13.3. The fourth-order valence-electron chi connectivity index (χ4n) is 1.96. The van der Waals surface area contributed by atoms with Gasteiger partial charge in [0.05, 0.1) is 11.2 Å². The number of sulfonamides is 1. The first-order valence-electron chi connectivity index (χ1n) is 6.13. The zero-order chi connectivity index (χ0) is 14.8. The number of nitrogens with zero attached hydrogens (tertiary/aromatic N) is 2. The van der Waals surface area contributed by atoms with Crippen molar-refractivity contribution in [1.29, 1.82) is 0 Å². The number of aromatic nitrogens is 2. The van der Waals surface area contributed by atoms with Crippen LogP contribution in [-0.2, 0) is 16.6 Å². The van der Waals surface area contributed by atoms with E-state index >= 15 is 0 Å². The molecule has 0 aliphatic heterocycles. The van der Waals surface area contributed by atoms with Crippen LogP contribution in [0.3, 0.4) is 0 Å². The lowest BCUT2D eigenvalue weighted by Crippen LogP contribution is -2.35. The van der Waals surface area contributed by atoms with Gasteiger partial charge in [-0.05, 0) is 31.5 Å². The maximum atomic E-state index is 12.3. The van der Waals surface area contributed by atoms with E-state index in [2.05, 4.69) is 9.71 Å². The van der Waals surface area contributed by atoms with Crippen LogP contribution in [0.25, 0.3) is 0 Å². The number of hydrogen-bond donors (Lipinski definition) is 1. The molecular weight excluding hydrogens is 298 g/mol. The summed E-state index contributed by atoms with van der Waals surface area (Å²) in [5, 5.41) is 0.440. The van der Waals surface area contributed by atoms with Crippen molar-refractivity contribution in [3.63, 3.8) is 0 Å². The molecule has 0 amide bonds. The summed E-state index contributed by atoms with van der Waals surface area (Å²) < 4.78 is 29.2. The molecule has 0 bridgehead atoms. The van der Waals surface area contributed by atoms with E-state index in [4.69, 9.17) is 11.6 Å². The first kappa shape index (κ1) is 15.0. The summed E-state index contributed by atoms with van der Waals surface area (Å²) in [5.74, 6) is 0. The lowest BCUT2D eigenvalue weighted by Gasteiger charge is -2.16. The van der Waals surface area contributed by atoms with E-state index in [1.807, 2.05) is 4.57 Å². The lowest BCUT2D eigenvalue weighted by atomic mass is 10.2. The van der Waals surface area contributed by atoms with E-state index in [0.29, 0.717) is 17.1 Å². The third kappa shape index (κ3) is 3.39. The molecule has 0 saturated carbocycles. The Hall–Kier alpha value is -1.37. The molecule has 1 unspecified atom stereocenters. The van der Waals surface area contributed by atoms with Gasteiger partial charge in [0.15, 0.2) is 0 Å². The van der Waals surface area contributed by atoms with Gasteiger partial charge < -0.3 is 4.57 Å². The van der Waals surface area contributed by atoms with Crippen molar-refractivity contribution in [3.8, 4) is 0 Å². The number of imidazole rings is 1. The lowest BCUT2D eigenvalue weighted by molar-refractivity contribution is 0.520. The maximum Gasteiger partial charge on any atom is 0.241 e. The fourth-order valence-corrected chi connectivity index (χ4v) is 3.69. The summed E-state index contributed by atoms with van der Waals surface area (Å²) in [6, 6.07) is 4.59. The second-order valence-corrected chi connectivity index (χ2v) is 6.73. The van der Waals surface area contributed by atoms with Crippen LogP contribution in [0.2, 0.25) is 5.02 Å². The van der Waals surface area contributed by atoms with Gasteiger partial charge >= 0.3 is 0 Å². The molecule has 1 aromatic heterocycles. The highest BCUT2D eigenvalue weighted by Crippen LogP contribution is 2.22. The second kappa shape index (κ2) is 5.95. The van der Waals surface area contributed by atoms with Crippen LogP contribution in [0.5, 0.6) is 0 Å². The Morgan fingerprint density at radius 3 is 2.85 bits per heavy atom. The molecule has 5 nitrogen and oxygen atoms in total. The molecule has 0 spiro atoms. The maximum absolute atomic E-state index is 12.3. The van der Waals surface area contributed by atoms with E-state index in [1.165, 1.54) is 0 Å². The van der Waals surface area contributed by atoms with Gasteiger partial charge in [-0.3, -0.25) is 0 Å². The predicted molar refractivity (Wildman–Crippen MR) is 78.2 cm³/mol. The van der Waals surface area contributed by atoms with Crippen molar-refractivity contribution in [2.24, 2.45) is 0 Å². The van der Waals surface area contributed by atoms with Crippen LogP contribution in [0.1, 0.15) is 12.5 Å². The van der Waals surface area contributed by atoms with Gasteiger partial charge in [-0.1, -0.05) is 17.7 Å². The first-order valence-corrected chi connectivity index (χ1v) is 7.99. The summed E-state index contributed by atoms with van der Waals surface area (Å²) in [6.07, 6.45) is 5.09. The minimum Gasteiger partial charge on any atom is -0.336 e. The summed E-state index contributed by atoms with van der Waals surface area (Å²) in [5.41, 5.74) is 0.552. The van der Waals surface area contributed by atoms with Crippen LogP contribution in [0, 0.1) is 6.92 Å². The summed E-state index contributed by atoms with van der Waals surface area (Å²) in [7, 11) is -3.58. The van der Waals surface area contributed by atoms with E-state index < -0.39 is 10.0 Å². The Bertz CT molecular complexity index is 684. The molecule has 1 N–H and O–H groups in total. The van der Waals surface area contributed by atoms with Gasteiger partial charge in [0.1, 0.15) is 0 Å². The van der Waals surface area contributed by atoms with Crippen molar-refractivity contribution >= 4 is 21.6 Å². The van der Waals surface area contributed by atoms with Crippen LogP contribution in [0.15, 0.2) is 41.8 Å². The van der Waals surface area contributed by atoms with Crippen LogP contribution in [-0.4, -0.2) is 24.0 Å². The Morgan fingerprint density at radius 2 is 2.20 bits per heavy atom. The van der Waals surface area contributed by atoms with E-state index in [0.717, 1.165) is 0 Å². The van der Waals surface area contributed by atoms with E-state index in [1.54, 1.807) is 50.8 Å². The number of halogens is 1. The van der Waals surface area contributed by atoms with Crippen molar-refractivity contribution in [2.75, 3.05) is 0 Å². The van der Waals surface area contributed by atoms with Gasteiger partial charge in [-0.15, -0.1) is 0 Å². The molecule has 2 rings (SSSR count). The Labute approximate surface area is 123 Å². The summed E-state index contributed by atoms with van der Waals surface area (Å²) in [4.78, 5) is 4.13. The van der Waals surface area contributed by atoms with Crippen molar-refractivity contribution in [1.82, 2.24) is 14.3 Å². The smallest absolute Gasteiger partial charge is 0.241 e. The molecule has 0 aliphatic carbocycles. The standard InChI is InChI=1S/C13H16ClN3O2S/c1-10(8-17-7-6-15-9-17)16-20(18,19)13-5-3-4-12(14)11(13)2/h3-7,9-10,16H,8H2,1-2H3. The van der Waals surface area contributed by atoms with Crippen LogP contribution >= 0.6 is 11.6 Å². The predicted octanol–water partition coefficient (Wildman–Crippen LogP) is 2.21. The third-order valence-electron chi connectivity index (χ3n) is 2.91. The number of nitrogens with one attached hydrogen (secondary N) is 1. The first-order chi connectivity index (χ1) is 9.40. The zero-order valence-corrected chi connectivity index (χ0v) is 12.8. The highest BCUT2D eigenvalue weighted by Gasteiger charge is 2.20. The summed E-state index contributed by atoms with van der Waals surface area (Å²) in [6.45, 7) is 4.01. The highest BCUT2D eigenvalue weighted by molar-refractivity contribution is 7.89. The Balaban J connectivity index is 2.16. The fraction of sp³-hybridized carbons (Fsp3) is 0.308. The van der Waals surface area contributed by atoms with Crippen LogP contribution in [0.4, 0.5) is 0 Å². The summed E-state index contributed by atoms with van der Waals surface area (Å²) >= 11 is 5.97. The number of rotatable bonds is 5. The molecular formula is C13H16ClN3O2S. The number of benzene rings is 1. The van der Waals surface area contributed by atoms with Gasteiger partial charge in [0.25, 0.3) is 0 Å². The molecule has 108 valence electrons. The molecule has 20 heavy (non-hydrogen) atoms. The average Bonchev–Trinajstić information content (AvgIpc) is 2.84. The van der Waals surface area contributed by atoms with Gasteiger partial charge in [0.2, 0.25) is 10.0 Å². The van der Waals surface area contributed by atoms with Gasteiger partial charge in [0, 0.05) is 30.0 Å². The van der Waals surface area contributed by atoms with Gasteiger partial charge in [-0.2, -0.15) is 0 Å². The largest absolute Gasteiger partial charge is 0.336 e. The SMILES string of the molecule is Cc1c(Cl)cccc1S(=O)(=O)NC(C)Cn1ccnc1. The average molecular weight is 314 g/mol. The molecule has 1 heterocycles. The van der Waals surface area contributed by atoms with Crippen molar-refractivity contribution in [2.45, 2.75) is 31.3 Å². The molecule has 0 fully saturated rings. The van der Waals surface area contributed by atoms with E-state index in [9.17, 15) is 8.42 Å². The monoisotopic (exact) mass is 313 g/mol. The Morgan fingerprint density at radius 1 is 1.45 bits per heavy atom. The third-order valence-corrected chi connectivity index (χ3v) is 5.05. The van der Waals surface area contributed by atoms with Crippen molar-refractivity contribution in [3.05, 3.63) is 47.5 Å². The topological polar surface area (TPSA) is 64.0 Å². The number of hydrogen-bond acceptors (Lipinski definition) is 3. The van der Waals surface area contributed by atoms with Crippen molar-refractivity contribution < 1.29 is 8.42 Å². The molecule has 7 heteroatoms. The highest BCUT2D eigenvalue weighted by atomic mass is 35.5. The molecule has 0 aliphatic rings. The molecule has 0 saturated heterocycles. The quantitative estimate of drug-likeness (QED) is 0.920. The van der Waals surface area contributed by atoms with E-state index in [-0.39, 0.29) is 10.9 Å². The second-order valence-electron chi connectivity index (χ2n) is 4.64. The Kier molecular flexibility index (Phi) is 4.47. The minimum atomic E-state index is -3.58. The van der Waals surface area contributed by atoms with Crippen LogP contribution < -0.4 is 4.72 Å². The molecule has 0 radical (unpaired) electrons. The molecule has 1 aromatic carbocycles. The molecule has 2 aromatic rings. The van der Waals surface area contributed by atoms with Gasteiger partial charge in [-0.25, -0.2) is 18.1 Å². The minimum absolute atomic E-state index is 0.211. The zero-order valence-electron chi connectivity index (χ0n) is 11.2.